The second kappa shape index (κ2) is 17.7. The van der Waals surface area contributed by atoms with E-state index in [2.05, 4.69) is 0 Å². The Bertz CT molecular complexity index is 1760. The van der Waals surface area contributed by atoms with E-state index in [-0.39, 0.29) is 36.3 Å². The lowest BCUT2D eigenvalue weighted by molar-refractivity contribution is -0.142. The van der Waals surface area contributed by atoms with Crippen LogP contribution in [-0.4, -0.2) is 137 Å². The maximum atomic E-state index is 12.2. The highest BCUT2D eigenvalue weighted by Crippen LogP contribution is 2.37. The first-order chi connectivity index (χ1) is 26.6. The highest BCUT2D eigenvalue weighted by Gasteiger charge is 2.41. The molecule has 0 aliphatic carbocycles. The number of aliphatic hydroxyl groups excluding tert-OH is 3. The van der Waals surface area contributed by atoms with Crippen LogP contribution in [0.1, 0.15) is 50.1 Å². The van der Waals surface area contributed by atoms with Crippen molar-refractivity contribution in [3.05, 3.63) is 86.5 Å². The maximum absolute atomic E-state index is 12.2. The zero-order valence-electron chi connectivity index (χ0n) is 32.3. The van der Waals surface area contributed by atoms with E-state index in [0.29, 0.717) is 72.6 Å². The first kappa shape index (κ1) is 44.8. The van der Waals surface area contributed by atoms with Crippen LogP contribution in [0.25, 0.3) is 0 Å². The molecular formula is C39H54N6O12. The van der Waals surface area contributed by atoms with Crippen molar-refractivity contribution in [3.8, 4) is 17.2 Å². The van der Waals surface area contributed by atoms with Crippen molar-refractivity contribution >= 4 is 17.7 Å². The Morgan fingerprint density at radius 1 is 0.491 bits per heavy atom. The van der Waals surface area contributed by atoms with Crippen molar-refractivity contribution in [1.82, 2.24) is 14.7 Å². The molecule has 1 heterocycles. The molecule has 18 heteroatoms. The first-order valence-electron chi connectivity index (χ1n) is 18.2. The Morgan fingerprint density at radius 2 is 0.702 bits per heavy atom. The summed E-state index contributed by atoms with van der Waals surface area (Å²) in [5, 5.41) is 96.5. The van der Waals surface area contributed by atoms with Gasteiger partial charge in [0.1, 0.15) is 17.2 Å². The number of nitrogens with zero attached hydrogens (tertiary/aromatic N) is 3. The number of carbonyl (C=O) groups excluding carboxylic acids is 3. The molecule has 0 bridgehead atoms. The molecule has 1 aliphatic heterocycles. The van der Waals surface area contributed by atoms with Crippen LogP contribution in [0.4, 0.5) is 0 Å². The van der Waals surface area contributed by atoms with Gasteiger partial charge in [-0.2, -0.15) is 0 Å². The van der Waals surface area contributed by atoms with Gasteiger partial charge in [0.2, 0.25) is 0 Å². The molecule has 3 atom stereocenters. The molecule has 0 aromatic heterocycles. The number of nitrogens with two attached hydrogens (primary N) is 3. The number of phenols is 3. The highest BCUT2D eigenvalue weighted by molar-refractivity contribution is 5.87. The number of rotatable bonds is 15. The number of amides is 3. The molecule has 3 aromatic rings. The Balaban J connectivity index is 1.76. The van der Waals surface area contributed by atoms with E-state index in [9.17, 15) is 60.3 Å². The van der Waals surface area contributed by atoms with Gasteiger partial charge in [0, 0.05) is 92.3 Å². The average Bonchev–Trinajstić information content (AvgIpc) is 3.24. The van der Waals surface area contributed by atoms with Gasteiger partial charge in [0.15, 0.2) is 16.8 Å². The standard InChI is InChI=1S/C39H54N6O12/c1-22-10-25(31(49)28(13-22)37(55,19-46)34(40)52)16-43-4-6-44(17-26-11-23(2)14-29(32(26)50)38(56,20-47)35(41)53)8-9-45(7-5-43)18-27-12-24(3)15-30(33(27)51)39(57,21-48)36(42)54/h10-15,46-51,55-57H,4-9,16-21H2,1-3H3,(H2,40,52)(H2,41,53)(H2,42,54). The summed E-state index contributed by atoms with van der Waals surface area (Å²) in [5.41, 5.74) is 10.5. The SMILES string of the molecule is Cc1cc(CN2CCN(Cc3cc(C)cc(C(O)(CO)C(N)=O)c3O)CCN(Cc3cc(C)cc(C(O)(CO)C(N)=O)c3O)CC2)c(O)c(C(O)(CO)C(N)=O)c1. The monoisotopic (exact) mass is 798 g/mol. The molecule has 1 saturated heterocycles. The zero-order chi connectivity index (χ0) is 42.6. The molecule has 3 aromatic carbocycles. The summed E-state index contributed by atoms with van der Waals surface area (Å²) in [6.45, 7) is 4.28. The molecule has 3 amide bonds. The van der Waals surface area contributed by atoms with Gasteiger partial charge < -0.3 is 63.2 Å². The molecule has 15 N–H and O–H groups in total. The van der Waals surface area contributed by atoms with Crippen LogP contribution < -0.4 is 17.2 Å². The van der Waals surface area contributed by atoms with Gasteiger partial charge in [-0.25, -0.2) is 0 Å². The van der Waals surface area contributed by atoms with Crippen molar-refractivity contribution in [2.75, 3.05) is 59.1 Å². The van der Waals surface area contributed by atoms with E-state index < -0.39 is 71.6 Å². The highest BCUT2D eigenvalue weighted by atomic mass is 16.4. The summed E-state index contributed by atoms with van der Waals surface area (Å²) in [4.78, 5) is 42.5. The van der Waals surface area contributed by atoms with Crippen LogP contribution >= 0.6 is 0 Å². The lowest BCUT2D eigenvalue weighted by Gasteiger charge is -2.29. The van der Waals surface area contributed by atoms with Crippen LogP contribution in [0.15, 0.2) is 36.4 Å². The second-order valence-electron chi connectivity index (χ2n) is 14.9. The van der Waals surface area contributed by atoms with E-state index >= 15 is 0 Å². The fourth-order valence-electron chi connectivity index (χ4n) is 7.14. The van der Waals surface area contributed by atoms with Gasteiger partial charge in [-0.3, -0.25) is 29.1 Å². The maximum Gasteiger partial charge on any atom is 0.256 e. The van der Waals surface area contributed by atoms with Crippen molar-refractivity contribution in [2.24, 2.45) is 17.2 Å². The lowest BCUT2D eigenvalue weighted by atomic mass is 9.89. The Morgan fingerprint density at radius 3 is 0.877 bits per heavy atom. The molecule has 1 aliphatic rings. The summed E-state index contributed by atoms with van der Waals surface area (Å²) in [7, 11) is 0. The van der Waals surface area contributed by atoms with Crippen LogP contribution in [0.3, 0.4) is 0 Å². The van der Waals surface area contributed by atoms with Crippen LogP contribution in [0.5, 0.6) is 17.2 Å². The summed E-state index contributed by atoms with van der Waals surface area (Å²) in [5.74, 6) is -5.06. The third-order valence-electron chi connectivity index (χ3n) is 10.6. The summed E-state index contributed by atoms with van der Waals surface area (Å²) >= 11 is 0. The lowest BCUT2D eigenvalue weighted by Crippen LogP contribution is -2.44. The largest absolute Gasteiger partial charge is 0.507 e. The fraction of sp³-hybridized carbons (Fsp3) is 0.462. The second-order valence-corrected chi connectivity index (χ2v) is 14.9. The number of hydrogen-bond donors (Lipinski definition) is 12. The van der Waals surface area contributed by atoms with Crippen LogP contribution in [0, 0.1) is 20.8 Å². The molecule has 1 fully saturated rings. The van der Waals surface area contributed by atoms with E-state index in [1.54, 1.807) is 39.0 Å². The van der Waals surface area contributed by atoms with E-state index in [1.165, 1.54) is 18.2 Å². The van der Waals surface area contributed by atoms with Crippen molar-refractivity contribution in [1.29, 1.82) is 0 Å². The number of aromatic hydroxyl groups is 3. The van der Waals surface area contributed by atoms with Gasteiger partial charge in [0.05, 0.1) is 19.8 Å². The predicted octanol–water partition coefficient (Wildman–Crippen LogP) is -2.46. The third kappa shape index (κ3) is 9.30. The quantitative estimate of drug-likeness (QED) is 0.0759. The first-order valence-corrected chi connectivity index (χ1v) is 18.2. The van der Waals surface area contributed by atoms with E-state index in [0.717, 1.165) is 0 Å². The number of carbonyl (C=O) groups is 3. The number of primary amides is 3. The summed E-state index contributed by atoms with van der Waals surface area (Å²) < 4.78 is 0. The number of benzene rings is 3. The van der Waals surface area contributed by atoms with Gasteiger partial charge in [-0.05, 0) is 39.0 Å². The zero-order valence-corrected chi connectivity index (χ0v) is 32.3. The third-order valence-corrected chi connectivity index (χ3v) is 10.6. The fourth-order valence-corrected chi connectivity index (χ4v) is 7.14. The minimum Gasteiger partial charge on any atom is -0.507 e. The molecule has 4 rings (SSSR count). The average molecular weight is 799 g/mol. The number of aliphatic hydroxyl groups is 6. The molecule has 312 valence electrons. The Hall–Kier alpha value is -4.89. The van der Waals surface area contributed by atoms with Crippen molar-refractivity contribution in [3.63, 3.8) is 0 Å². The number of aryl methyl sites for hydroxylation is 3. The molecule has 3 unspecified atom stereocenters. The van der Waals surface area contributed by atoms with E-state index in [4.69, 9.17) is 17.2 Å². The van der Waals surface area contributed by atoms with Gasteiger partial charge >= 0.3 is 0 Å². The van der Waals surface area contributed by atoms with Crippen molar-refractivity contribution < 1.29 is 60.3 Å². The molecule has 0 saturated carbocycles. The normalized spacial score (nSPS) is 18.1. The molecule has 18 nitrogen and oxygen atoms in total. The van der Waals surface area contributed by atoms with E-state index in [1.807, 2.05) is 14.7 Å². The Kier molecular flexibility index (Phi) is 13.9. The summed E-state index contributed by atoms with van der Waals surface area (Å²) in [6.07, 6.45) is 0. The van der Waals surface area contributed by atoms with Crippen LogP contribution in [0.2, 0.25) is 0 Å². The van der Waals surface area contributed by atoms with Crippen molar-refractivity contribution in [2.45, 2.75) is 57.2 Å². The minimum atomic E-state index is -2.55. The minimum absolute atomic E-state index is 0.0897. The molecule has 0 radical (unpaired) electrons. The molecule has 57 heavy (non-hydrogen) atoms. The van der Waals surface area contributed by atoms with Crippen LogP contribution in [-0.2, 0) is 50.8 Å². The van der Waals surface area contributed by atoms with Gasteiger partial charge in [0.25, 0.3) is 17.7 Å². The molecule has 0 spiro atoms. The van der Waals surface area contributed by atoms with Gasteiger partial charge in [-0.15, -0.1) is 0 Å². The topological polar surface area (TPSA) is 321 Å². The number of hydrogen-bond acceptors (Lipinski definition) is 15. The van der Waals surface area contributed by atoms with Gasteiger partial charge in [-0.1, -0.05) is 34.9 Å². The molecular weight excluding hydrogens is 744 g/mol. The predicted molar refractivity (Wildman–Crippen MR) is 205 cm³/mol. The Labute approximate surface area is 329 Å². The number of phenolic OH excluding ortho intramolecular Hbond substituents is 3. The smallest absolute Gasteiger partial charge is 0.256 e. The summed E-state index contributed by atoms with van der Waals surface area (Å²) in [6, 6.07) is 9.08.